The van der Waals surface area contributed by atoms with Crippen LogP contribution in [0.5, 0.6) is 0 Å². The molecule has 10 heteroatoms. The minimum absolute atomic E-state index is 0.0333. The normalized spacial score (nSPS) is 17.5. The Morgan fingerprint density at radius 2 is 1.73 bits per heavy atom. The molecule has 2 amide bonds. The molecule has 0 unspecified atom stereocenters. The molecule has 2 aliphatic heterocycles. The van der Waals surface area contributed by atoms with Gasteiger partial charge < -0.3 is 29.6 Å². The zero-order valence-corrected chi connectivity index (χ0v) is 21.2. The number of hydrogen-bond acceptors (Lipinski definition) is 7. The van der Waals surface area contributed by atoms with Crippen molar-refractivity contribution in [1.82, 2.24) is 14.8 Å². The molecule has 10 nitrogen and oxygen atoms in total. The number of rotatable bonds is 5. The van der Waals surface area contributed by atoms with Gasteiger partial charge in [0.2, 0.25) is 0 Å². The van der Waals surface area contributed by atoms with Gasteiger partial charge in [-0.25, -0.2) is 4.99 Å². The van der Waals surface area contributed by atoms with Crippen molar-refractivity contribution in [2.75, 3.05) is 51.3 Å². The molecule has 5 rings (SSSR count). The number of amides is 2. The van der Waals surface area contributed by atoms with E-state index in [1.165, 1.54) is 0 Å². The van der Waals surface area contributed by atoms with Crippen LogP contribution < -0.4 is 10.6 Å². The number of ether oxygens (including phenoxy) is 1. The maximum absolute atomic E-state index is 13.2. The number of hydrogen-bond donors (Lipinski definition) is 1. The predicted molar refractivity (Wildman–Crippen MR) is 141 cm³/mol. The van der Waals surface area contributed by atoms with E-state index in [1.54, 1.807) is 31.4 Å². The predicted octanol–water partition coefficient (Wildman–Crippen LogP) is 3.05. The molecular weight excluding hydrogens is 472 g/mol. The van der Waals surface area contributed by atoms with E-state index in [-0.39, 0.29) is 12.0 Å². The molecule has 1 aromatic heterocycles. The number of methoxy groups -OCH3 is 1. The minimum Gasteiger partial charge on any atom is -0.423 e. The fraction of sp³-hybridized carbons (Fsp3) is 0.407. The van der Waals surface area contributed by atoms with E-state index in [0.29, 0.717) is 54.6 Å². The number of piperidine rings is 1. The third kappa shape index (κ3) is 5.29. The van der Waals surface area contributed by atoms with Crippen LogP contribution in [0.15, 0.2) is 51.9 Å². The van der Waals surface area contributed by atoms with E-state index in [2.05, 4.69) is 19.8 Å². The third-order valence-electron chi connectivity index (χ3n) is 7.15. The summed E-state index contributed by atoms with van der Waals surface area (Å²) in [4.78, 5) is 40.3. The van der Waals surface area contributed by atoms with Crippen LogP contribution in [0.3, 0.4) is 0 Å². The van der Waals surface area contributed by atoms with Gasteiger partial charge in [0.1, 0.15) is 11.4 Å². The quantitative estimate of drug-likeness (QED) is 0.419. The van der Waals surface area contributed by atoms with Crippen LogP contribution in [-0.2, 0) is 4.74 Å². The zero-order chi connectivity index (χ0) is 25.9. The number of nitrogens with two attached hydrogens (primary N) is 1. The van der Waals surface area contributed by atoms with Gasteiger partial charge in [0.15, 0.2) is 5.58 Å². The van der Waals surface area contributed by atoms with E-state index < -0.39 is 5.91 Å². The topological polar surface area (TPSA) is 118 Å². The molecule has 0 bridgehead atoms. The Hall–Kier alpha value is -3.92. The summed E-state index contributed by atoms with van der Waals surface area (Å²) in [5.41, 5.74) is 8.36. The maximum atomic E-state index is 13.2. The summed E-state index contributed by atoms with van der Waals surface area (Å²) >= 11 is 0. The second kappa shape index (κ2) is 10.6. The van der Waals surface area contributed by atoms with Gasteiger partial charge in [-0.1, -0.05) is 12.1 Å². The number of para-hydroxylation sites is 1. The molecule has 0 saturated carbocycles. The number of amidine groups is 1. The van der Waals surface area contributed by atoms with Crippen LogP contribution in [-0.4, -0.2) is 84.9 Å². The van der Waals surface area contributed by atoms with Crippen molar-refractivity contribution < 1.29 is 18.7 Å². The number of nitrogens with zero attached hydrogens (tertiary/aromatic N) is 5. The SMILES string of the molecule is COC1CCN(c2nc3ccc(C(=O)N4CCN(/C(C)=N/c5ccccc5C(N)=O)CC4)cc3o2)CC1. The van der Waals surface area contributed by atoms with E-state index >= 15 is 0 Å². The maximum Gasteiger partial charge on any atom is 0.298 e. The Morgan fingerprint density at radius 1 is 1.03 bits per heavy atom. The van der Waals surface area contributed by atoms with Crippen LogP contribution >= 0.6 is 0 Å². The number of oxazole rings is 1. The highest BCUT2D eigenvalue weighted by atomic mass is 16.5. The lowest BCUT2D eigenvalue weighted by atomic mass is 10.1. The Bertz CT molecular complexity index is 1320. The van der Waals surface area contributed by atoms with Crippen molar-refractivity contribution in [3.05, 3.63) is 53.6 Å². The molecule has 2 fully saturated rings. The van der Waals surface area contributed by atoms with Gasteiger partial charge in [0.05, 0.1) is 17.4 Å². The molecule has 0 radical (unpaired) electrons. The number of piperazine rings is 1. The van der Waals surface area contributed by atoms with Crippen molar-refractivity contribution in [1.29, 1.82) is 0 Å². The summed E-state index contributed by atoms with van der Waals surface area (Å²) in [6.45, 7) is 5.99. The van der Waals surface area contributed by atoms with Crippen molar-refractivity contribution in [2.45, 2.75) is 25.9 Å². The van der Waals surface area contributed by atoms with Gasteiger partial charge in [-0.3, -0.25) is 9.59 Å². The van der Waals surface area contributed by atoms with Crippen LogP contribution in [0.2, 0.25) is 0 Å². The van der Waals surface area contributed by atoms with Crippen LogP contribution in [0, 0.1) is 0 Å². The standard InChI is InChI=1S/C27H32N6O4/c1-18(29-22-6-4-3-5-21(22)25(28)34)31-13-15-32(16-14-31)26(35)19-7-8-23-24(17-19)37-27(30-23)33-11-9-20(36-2)10-12-33/h3-8,17,20H,9-16H2,1-2H3,(H2,28,34)/b29-18+. The number of carbonyl (C=O) groups excluding carboxylic acids is 2. The highest BCUT2D eigenvalue weighted by molar-refractivity contribution is 5.99. The Balaban J connectivity index is 1.23. The van der Waals surface area contributed by atoms with Crippen molar-refractivity contribution in [2.24, 2.45) is 10.7 Å². The fourth-order valence-electron chi connectivity index (χ4n) is 4.90. The van der Waals surface area contributed by atoms with Gasteiger partial charge >= 0.3 is 0 Å². The lowest BCUT2D eigenvalue weighted by molar-refractivity contribution is 0.0691. The van der Waals surface area contributed by atoms with Gasteiger partial charge in [0.25, 0.3) is 17.8 Å². The van der Waals surface area contributed by atoms with Gasteiger partial charge in [-0.05, 0) is 50.1 Å². The molecule has 2 N–H and O–H groups in total. The number of benzene rings is 2. The molecule has 194 valence electrons. The second-order valence-corrected chi connectivity index (χ2v) is 9.42. The summed E-state index contributed by atoms with van der Waals surface area (Å²) in [6, 6.07) is 13.1. The highest BCUT2D eigenvalue weighted by Crippen LogP contribution is 2.26. The van der Waals surface area contributed by atoms with E-state index in [9.17, 15) is 9.59 Å². The van der Waals surface area contributed by atoms with Gasteiger partial charge in [0, 0.05) is 51.9 Å². The highest BCUT2D eigenvalue weighted by Gasteiger charge is 2.25. The van der Waals surface area contributed by atoms with E-state index in [0.717, 1.165) is 37.3 Å². The first-order valence-electron chi connectivity index (χ1n) is 12.6. The summed E-state index contributed by atoms with van der Waals surface area (Å²) in [5, 5.41) is 0. The Morgan fingerprint density at radius 3 is 2.43 bits per heavy atom. The Labute approximate surface area is 215 Å². The van der Waals surface area contributed by atoms with Crippen LogP contribution in [0.4, 0.5) is 11.7 Å². The molecule has 0 atom stereocenters. The molecule has 2 saturated heterocycles. The molecule has 2 aliphatic rings. The summed E-state index contributed by atoms with van der Waals surface area (Å²) in [5.74, 6) is 0.245. The van der Waals surface area contributed by atoms with Gasteiger partial charge in [-0.15, -0.1) is 0 Å². The summed E-state index contributed by atoms with van der Waals surface area (Å²) in [7, 11) is 1.75. The van der Waals surface area contributed by atoms with Crippen molar-refractivity contribution >= 4 is 40.5 Å². The zero-order valence-electron chi connectivity index (χ0n) is 21.2. The number of carbonyl (C=O) groups is 2. The summed E-state index contributed by atoms with van der Waals surface area (Å²) < 4.78 is 11.5. The third-order valence-corrected chi connectivity index (χ3v) is 7.15. The smallest absolute Gasteiger partial charge is 0.298 e. The average molecular weight is 505 g/mol. The fourth-order valence-corrected chi connectivity index (χ4v) is 4.90. The number of fused-ring (bicyclic) bond motifs is 1. The first-order chi connectivity index (χ1) is 17.9. The molecule has 0 spiro atoms. The van der Waals surface area contributed by atoms with E-state index in [4.69, 9.17) is 14.9 Å². The first kappa shape index (κ1) is 24.8. The molecule has 2 aromatic carbocycles. The number of anilines is 1. The second-order valence-electron chi connectivity index (χ2n) is 9.42. The first-order valence-corrected chi connectivity index (χ1v) is 12.6. The Kier molecular flexibility index (Phi) is 7.09. The molecule has 3 heterocycles. The monoisotopic (exact) mass is 504 g/mol. The van der Waals surface area contributed by atoms with Crippen LogP contribution in [0.25, 0.3) is 11.1 Å². The average Bonchev–Trinajstić information content (AvgIpc) is 3.36. The lowest BCUT2D eigenvalue weighted by Gasteiger charge is -2.35. The largest absolute Gasteiger partial charge is 0.423 e. The number of primary amides is 1. The minimum atomic E-state index is -0.505. The van der Waals surface area contributed by atoms with Gasteiger partial charge in [-0.2, -0.15) is 4.98 Å². The van der Waals surface area contributed by atoms with Crippen molar-refractivity contribution in [3.8, 4) is 0 Å². The molecular formula is C27H32N6O4. The molecule has 37 heavy (non-hydrogen) atoms. The lowest BCUT2D eigenvalue weighted by Crippen LogP contribution is -2.50. The molecule has 0 aliphatic carbocycles. The van der Waals surface area contributed by atoms with Crippen molar-refractivity contribution in [3.63, 3.8) is 0 Å². The molecule has 3 aromatic rings. The summed E-state index contributed by atoms with van der Waals surface area (Å²) in [6.07, 6.45) is 2.16. The number of aromatic nitrogens is 1. The van der Waals surface area contributed by atoms with E-state index in [1.807, 2.05) is 30.0 Å². The number of aliphatic imine (C=N–C) groups is 1. The van der Waals surface area contributed by atoms with Crippen LogP contribution in [0.1, 0.15) is 40.5 Å².